The topological polar surface area (TPSA) is 103 Å². The van der Waals surface area contributed by atoms with E-state index < -0.39 is 18.3 Å². The predicted molar refractivity (Wildman–Crippen MR) is 135 cm³/mol. The van der Waals surface area contributed by atoms with Gasteiger partial charge in [0.25, 0.3) is 0 Å². The minimum Gasteiger partial charge on any atom is -0.387 e. The molecule has 9 nitrogen and oxygen atoms in total. The second-order valence-corrected chi connectivity index (χ2v) is 9.89. The quantitative estimate of drug-likeness (QED) is 0.376. The molecule has 1 atom stereocenters. The molecule has 0 aliphatic carbocycles. The average Bonchev–Trinajstić information content (AvgIpc) is 3.39. The van der Waals surface area contributed by atoms with Gasteiger partial charge in [-0.25, -0.2) is 19.0 Å². The monoisotopic (exact) mass is 527 g/mol. The Hall–Kier alpha value is -3.61. The Balaban J connectivity index is 1.48. The van der Waals surface area contributed by atoms with E-state index in [0.29, 0.717) is 71.1 Å². The largest absolute Gasteiger partial charge is 0.387 e. The molecule has 38 heavy (non-hydrogen) atoms. The first-order chi connectivity index (χ1) is 18.1. The molecule has 200 valence electrons. The Bertz CT molecular complexity index is 1430. The van der Waals surface area contributed by atoms with Gasteiger partial charge in [-0.1, -0.05) is 18.2 Å². The molecule has 4 aromatic rings. The van der Waals surface area contributed by atoms with Crippen molar-refractivity contribution in [3.63, 3.8) is 0 Å². The molecule has 5 rings (SSSR count). The number of aliphatic hydroxyl groups excluding tert-OH is 1. The van der Waals surface area contributed by atoms with Gasteiger partial charge in [0.15, 0.2) is 5.82 Å². The maximum absolute atomic E-state index is 14.1. The number of halogens is 3. The second-order valence-electron chi connectivity index (χ2n) is 9.89. The van der Waals surface area contributed by atoms with E-state index in [0.717, 1.165) is 0 Å². The number of piperazine rings is 1. The van der Waals surface area contributed by atoms with Gasteiger partial charge in [0, 0.05) is 50.0 Å². The number of nitrogens with zero attached hydrogens (tertiary/aromatic N) is 7. The Morgan fingerprint density at radius 2 is 1.76 bits per heavy atom. The molecule has 1 aliphatic rings. The number of alkyl halides is 2. The molecule has 4 heterocycles. The van der Waals surface area contributed by atoms with Gasteiger partial charge in [-0.2, -0.15) is 13.9 Å². The number of anilines is 1. The van der Waals surface area contributed by atoms with Crippen molar-refractivity contribution in [2.45, 2.75) is 38.6 Å². The summed E-state index contributed by atoms with van der Waals surface area (Å²) in [6, 6.07) is 8.25. The zero-order chi connectivity index (χ0) is 27.0. The number of aliphatic hydroxyl groups is 2. The van der Waals surface area contributed by atoms with E-state index in [1.807, 2.05) is 11.0 Å². The van der Waals surface area contributed by atoms with Crippen molar-refractivity contribution < 1.29 is 23.4 Å². The highest BCUT2D eigenvalue weighted by molar-refractivity contribution is 5.83. The van der Waals surface area contributed by atoms with Crippen molar-refractivity contribution in [2.75, 3.05) is 31.1 Å². The van der Waals surface area contributed by atoms with Crippen LogP contribution < -0.4 is 4.90 Å². The molecule has 3 aromatic heterocycles. The van der Waals surface area contributed by atoms with Crippen LogP contribution >= 0.6 is 0 Å². The van der Waals surface area contributed by atoms with E-state index in [-0.39, 0.29) is 11.5 Å². The predicted octanol–water partition coefficient (Wildman–Crippen LogP) is 3.55. The fourth-order valence-corrected chi connectivity index (χ4v) is 4.44. The molecule has 0 spiro atoms. The maximum Gasteiger partial charge on any atom is 0.333 e. The highest BCUT2D eigenvalue weighted by atomic mass is 19.3. The maximum atomic E-state index is 14.1. The first-order valence-corrected chi connectivity index (χ1v) is 12.2. The van der Waals surface area contributed by atoms with E-state index in [9.17, 15) is 23.4 Å². The van der Waals surface area contributed by atoms with E-state index in [1.54, 1.807) is 18.2 Å². The van der Waals surface area contributed by atoms with Gasteiger partial charge in [-0.15, -0.1) is 0 Å². The summed E-state index contributed by atoms with van der Waals surface area (Å²) in [5.74, 6) is 0.234. The summed E-state index contributed by atoms with van der Waals surface area (Å²) in [5.41, 5.74) is 1.03. The number of pyridine rings is 1. The van der Waals surface area contributed by atoms with Gasteiger partial charge in [0.05, 0.1) is 29.2 Å². The molecule has 1 aliphatic heterocycles. The van der Waals surface area contributed by atoms with E-state index in [1.165, 1.54) is 38.5 Å². The Morgan fingerprint density at radius 3 is 2.42 bits per heavy atom. The lowest BCUT2D eigenvalue weighted by Crippen LogP contribution is -2.46. The minimum atomic E-state index is -2.80. The van der Waals surface area contributed by atoms with Crippen LogP contribution in [-0.2, 0) is 6.54 Å². The lowest BCUT2D eigenvalue weighted by atomic mass is 9.98. The normalized spacial score (nSPS) is 15.9. The van der Waals surface area contributed by atoms with Crippen molar-refractivity contribution >= 4 is 16.9 Å². The third kappa shape index (κ3) is 5.33. The lowest BCUT2D eigenvalue weighted by Gasteiger charge is -2.36. The summed E-state index contributed by atoms with van der Waals surface area (Å²) >= 11 is 0. The lowest BCUT2D eigenvalue weighted by molar-refractivity contribution is -0.0516. The van der Waals surface area contributed by atoms with Crippen LogP contribution in [0.25, 0.3) is 22.3 Å². The van der Waals surface area contributed by atoms with Gasteiger partial charge < -0.3 is 15.1 Å². The van der Waals surface area contributed by atoms with E-state index in [2.05, 4.69) is 20.0 Å². The smallest absolute Gasteiger partial charge is 0.333 e. The Labute approximate surface area is 217 Å². The number of rotatable bonds is 7. The number of hydrogen-bond acceptors (Lipinski definition) is 8. The van der Waals surface area contributed by atoms with E-state index in [4.69, 9.17) is 4.98 Å². The highest BCUT2D eigenvalue weighted by Gasteiger charge is 2.29. The highest BCUT2D eigenvalue weighted by Crippen LogP contribution is 2.32. The number of benzene rings is 1. The first-order valence-electron chi connectivity index (χ1n) is 12.2. The van der Waals surface area contributed by atoms with Crippen LogP contribution in [0.5, 0.6) is 0 Å². The van der Waals surface area contributed by atoms with Gasteiger partial charge in [-0.05, 0) is 26.0 Å². The van der Waals surface area contributed by atoms with Crippen molar-refractivity contribution in [3.05, 3.63) is 66.0 Å². The first kappa shape index (κ1) is 26.0. The Kier molecular flexibility index (Phi) is 7.03. The molecule has 0 bridgehead atoms. The van der Waals surface area contributed by atoms with Crippen LogP contribution in [0.4, 0.5) is 19.0 Å². The SMILES string of the molecule is CC(C)(O)[C@@H](O)c1cc2nc(N3CCN(Cc4ccccc4F)CC3)c(-c3cnn(C(F)F)c3)nc2cn1. The van der Waals surface area contributed by atoms with Crippen LogP contribution in [-0.4, -0.2) is 71.6 Å². The molecule has 0 radical (unpaired) electrons. The molecule has 1 aromatic carbocycles. The van der Waals surface area contributed by atoms with Crippen molar-refractivity contribution in [1.29, 1.82) is 0 Å². The number of fused-ring (bicyclic) bond motifs is 1. The molecule has 0 amide bonds. The summed E-state index contributed by atoms with van der Waals surface area (Å²) in [4.78, 5) is 17.9. The van der Waals surface area contributed by atoms with Gasteiger partial charge in [0.1, 0.15) is 23.1 Å². The Morgan fingerprint density at radius 1 is 1.03 bits per heavy atom. The third-order valence-electron chi connectivity index (χ3n) is 6.60. The molecule has 2 N–H and O–H groups in total. The molecule has 1 saturated heterocycles. The minimum absolute atomic E-state index is 0.234. The fraction of sp³-hybridized carbons (Fsp3) is 0.385. The molecule has 0 unspecified atom stereocenters. The fourth-order valence-electron chi connectivity index (χ4n) is 4.44. The van der Waals surface area contributed by atoms with Crippen LogP contribution in [0, 0.1) is 5.82 Å². The molecule has 12 heteroatoms. The van der Waals surface area contributed by atoms with Gasteiger partial charge in [-0.3, -0.25) is 9.88 Å². The summed E-state index contributed by atoms with van der Waals surface area (Å²) < 4.78 is 41.2. The van der Waals surface area contributed by atoms with Crippen molar-refractivity contribution in [2.24, 2.45) is 0 Å². The number of hydrogen-bond donors (Lipinski definition) is 2. The summed E-state index contributed by atoms with van der Waals surface area (Å²) in [6.07, 6.45) is 2.73. The summed E-state index contributed by atoms with van der Waals surface area (Å²) in [7, 11) is 0. The van der Waals surface area contributed by atoms with E-state index >= 15 is 0 Å². The van der Waals surface area contributed by atoms with Crippen molar-refractivity contribution in [1.82, 2.24) is 29.6 Å². The van der Waals surface area contributed by atoms with Gasteiger partial charge in [0.2, 0.25) is 0 Å². The molecular weight excluding hydrogens is 499 g/mol. The second kappa shape index (κ2) is 10.3. The van der Waals surface area contributed by atoms with Crippen LogP contribution in [0.3, 0.4) is 0 Å². The van der Waals surface area contributed by atoms with Crippen LogP contribution in [0.1, 0.15) is 37.8 Å². The molecular formula is C26H28F3N7O2. The number of aromatic nitrogens is 5. The zero-order valence-electron chi connectivity index (χ0n) is 21.0. The van der Waals surface area contributed by atoms with Crippen LogP contribution in [0.2, 0.25) is 0 Å². The van der Waals surface area contributed by atoms with Crippen LogP contribution in [0.15, 0.2) is 48.9 Å². The average molecular weight is 528 g/mol. The summed E-state index contributed by atoms with van der Waals surface area (Å²) in [5, 5.41) is 24.5. The van der Waals surface area contributed by atoms with Gasteiger partial charge >= 0.3 is 6.55 Å². The standard InChI is InChI=1S/C26H28F3N7O2/c1-26(2,38)23(37)20-11-19-21(13-30-20)32-22(17-12-31-36(15-17)25(28)29)24(33-19)35-9-7-34(8-10-35)14-16-5-3-4-6-18(16)27/h3-6,11-13,15,23,25,37-38H,7-10,14H2,1-2H3/t23-/m0/s1. The zero-order valence-corrected chi connectivity index (χ0v) is 21.0. The molecule has 0 saturated carbocycles. The molecule has 1 fully saturated rings. The van der Waals surface area contributed by atoms with Crippen molar-refractivity contribution in [3.8, 4) is 11.3 Å². The summed E-state index contributed by atoms with van der Waals surface area (Å²) in [6.45, 7) is 2.99. The third-order valence-corrected chi connectivity index (χ3v) is 6.60.